The van der Waals surface area contributed by atoms with Crippen LogP contribution in [0.3, 0.4) is 0 Å². The van der Waals surface area contributed by atoms with E-state index < -0.39 is 12.0 Å². The van der Waals surface area contributed by atoms with E-state index >= 15 is 0 Å². The predicted molar refractivity (Wildman–Crippen MR) is 74.5 cm³/mol. The highest BCUT2D eigenvalue weighted by Crippen LogP contribution is 2.29. The van der Waals surface area contributed by atoms with Crippen LogP contribution in [0, 0.1) is 5.92 Å². The molecule has 2 unspecified atom stereocenters. The number of anilines is 1. The van der Waals surface area contributed by atoms with Gasteiger partial charge in [0.1, 0.15) is 11.8 Å². The number of carboxylic acids is 1. The van der Waals surface area contributed by atoms with Crippen molar-refractivity contribution >= 4 is 11.7 Å². The van der Waals surface area contributed by atoms with Crippen molar-refractivity contribution in [1.29, 1.82) is 0 Å². The van der Waals surface area contributed by atoms with Crippen LogP contribution in [-0.2, 0) is 4.79 Å². The van der Waals surface area contributed by atoms with Gasteiger partial charge in [0.15, 0.2) is 0 Å². The Hall–Kier alpha value is -1.97. The number of hydrogen-bond acceptors (Lipinski definition) is 3. The molecule has 1 aromatic carbocycles. The minimum Gasteiger partial charge on any atom is -0.495 e. The van der Waals surface area contributed by atoms with Crippen LogP contribution in [0.2, 0.25) is 0 Å². The van der Waals surface area contributed by atoms with Gasteiger partial charge in [-0.2, -0.15) is 0 Å². The highest BCUT2D eigenvalue weighted by molar-refractivity contribution is 5.78. The molecular weight excluding hydrogens is 242 g/mol. The van der Waals surface area contributed by atoms with Crippen LogP contribution in [0.15, 0.2) is 36.4 Å². The average Bonchev–Trinajstić information content (AvgIpc) is 2.45. The lowest BCUT2D eigenvalue weighted by Gasteiger charge is -2.27. The summed E-state index contributed by atoms with van der Waals surface area (Å²) in [7, 11) is 1.58. The molecule has 0 aromatic heterocycles. The van der Waals surface area contributed by atoms with E-state index in [0.717, 1.165) is 24.9 Å². The lowest BCUT2D eigenvalue weighted by Crippen LogP contribution is -2.37. The fourth-order valence-corrected chi connectivity index (χ4v) is 2.43. The molecule has 19 heavy (non-hydrogen) atoms. The van der Waals surface area contributed by atoms with Crippen LogP contribution in [-0.4, -0.2) is 24.2 Å². The Balaban J connectivity index is 2.16. The Bertz CT molecular complexity index is 470. The molecule has 0 saturated carbocycles. The highest BCUT2D eigenvalue weighted by atomic mass is 16.5. The van der Waals surface area contributed by atoms with E-state index in [0.29, 0.717) is 5.75 Å². The first-order valence-corrected chi connectivity index (χ1v) is 6.49. The number of rotatable bonds is 5. The number of carboxylic acid groups (broad SMARTS) is 1. The zero-order valence-electron chi connectivity index (χ0n) is 11.0. The van der Waals surface area contributed by atoms with Crippen LogP contribution in [0.1, 0.15) is 19.3 Å². The molecule has 0 fully saturated rings. The molecule has 0 heterocycles. The van der Waals surface area contributed by atoms with Crippen molar-refractivity contribution in [1.82, 2.24) is 0 Å². The Labute approximate surface area is 113 Å². The predicted octanol–water partition coefficient (Wildman–Crippen LogP) is 2.92. The monoisotopic (exact) mass is 261 g/mol. The molecule has 0 amide bonds. The van der Waals surface area contributed by atoms with E-state index in [2.05, 4.69) is 17.5 Å². The maximum Gasteiger partial charge on any atom is 0.326 e. The zero-order valence-corrected chi connectivity index (χ0v) is 11.0. The Morgan fingerprint density at radius 2 is 2.21 bits per heavy atom. The van der Waals surface area contributed by atoms with Gasteiger partial charge in [-0.15, -0.1) is 0 Å². The number of ether oxygens (including phenoxy) is 1. The molecule has 0 radical (unpaired) electrons. The number of hydrogen-bond donors (Lipinski definition) is 2. The smallest absolute Gasteiger partial charge is 0.326 e. The van der Waals surface area contributed by atoms with E-state index in [9.17, 15) is 9.90 Å². The summed E-state index contributed by atoms with van der Waals surface area (Å²) < 4.78 is 5.24. The van der Waals surface area contributed by atoms with Gasteiger partial charge in [-0.25, -0.2) is 4.79 Å². The van der Waals surface area contributed by atoms with Gasteiger partial charge in [0.25, 0.3) is 0 Å². The molecule has 2 N–H and O–H groups in total. The van der Waals surface area contributed by atoms with Crippen LogP contribution in [0.5, 0.6) is 5.75 Å². The molecule has 0 aliphatic heterocycles. The maximum atomic E-state index is 11.5. The van der Waals surface area contributed by atoms with Crippen LogP contribution in [0.4, 0.5) is 5.69 Å². The van der Waals surface area contributed by atoms with Gasteiger partial charge < -0.3 is 15.2 Å². The topological polar surface area (TPSA) is 58.6 Å². The first-order valence-electron chi connectivity index (χ1n) is 6.49. The second-order valence-electron chi connectivity index (χ2n) is 4.71. The maximum absolute atomic E-state index is 11.5. The Morgan fingerprint density at radius 1 is 1.42 bits per heavy atom. The first-order chi connectivity index (χ1) is 9.22. The molecular formula is C15H19NO3. The molecule has 1 aliphatic carbocycles. The summed E-state index contributed by atoms with van der Waals surface area (Å²) in [4.78, 5) is 11.5. The molecule has 4 heteroatoms. The molecule has 2 rings (SSSR count). The second kappa shape index (κ2) is 6.27. The summed E-state index contributed by atoms with van der Waals surface area (Å²) >= 11 is 0. The number of nitrogens with one attached hydrogen (secondary N) is 1. The van der Waals surface area contributed by atoms with E-state index in [1.807, 2.05) is 24.3 Å². The molecule has 0 bridgehead atoms. The van der Waals surface area contributed by atoms with Gasteiger partial charge in [0.2, 0.25) is 0 Å². The van der Waals surface area contributed by atoms with Crippen molar-refractivity contribution in [3.05, 3.63) is 36.4 Å². The number of allylic oxidation sites excluding steroid dienone is 2. The van der Waals surface area contributed by atoms with Crippen LogP contribution < -0.4 is 10.1 Å². The standard InChI is InChI=1S/C15H19NO3/c1-19-13-10-6-5-9-12(13)16-14(15(17)18)11-7-3-2-4-8-11/h2-3,5-6,9-11,14,16H,4,7-8H2,1H3,(H,17,18). The van der Waals surface area contributed by atoms with Gasteiger partial charge >= 0.3 is 5.97 Å². The van der Waals surface area contributed by atoms with E-state index in [4.69, 9.17) is 4.74 Å². The summed E-state index contributed by atoms with van der Waals surface area (Å²) in [5.41, 5.74) is 0.729. The summed E-state index contributed by atoms with van der Waals surface area (Å²) in [5, 5.41) is 12.5. The summed E-state index contributed by atoms with van der Waals surface area (Å²) in [5.74, 6) is -0.0290. The first kappa shape index (κ1) is 13.5. The number of carbonyl (C=O) groups is 1. The van der Waals surface area contributed by atoms with Gasteiger partial charge in [-0.1, -0.05) is 24.3 Å². The summed E-state index contributed by atoms with van der Waals surface area (Å²) in [6.07, 6.45) is 6.82. The van der Waals surface area contributed by atoms with Crippen molar-refractivity contribution in [3.63, 3.8) is 0 Å². The fourth-order valence-electron chi connectivity index (χ4n) is 2.43. The van der Waals surface area contributed by atoms with Crippen LogP contribution in [0.25, 0.3) is 0 Å². The molecule has 1 aliphatic rings. The summed E-state index contributed by atoms with van der Waals surface area (Å²) in [6, 6.07) is 6.81. The zero-order chi connectivity index (χ0) is 13.7. The molecule has 4 nitrogen and oxygen atoms in total. The van der Waals surface area contributed by atoms with E-state index in [-0.39, 0.29) is 5.92 Å². The number of para-hydroxylation sites is 2. The molecule has 0 saturated heterocycles. The lowest BCUT2D eigenvalue weighted by molar-refractivity contribution is -0.139. The second-order valence-corrected chi connectivity index (χ2v) is 4.71. The molecule has 2 atom stereocenters. The number of aliphatic carboxylic acids is 1. The Kier molecular flexibility index (Phi) is 4.44. The van der Waals surface area contributed by atoms with E-state index in [1.165, 1.54) is 0 Å². The van der Waals surface area contributed by atoms with Crippen molar-refractivity contribution < 1.29 is 14.6 Å². The van der Waals surface area contributed by atoms with Gasteiger partial charge in [-0.05, 0) is 37.3 Å². The van der Waals surface area contributed by atoms with Crippen molar-refractivity contribution in [2.24, 2.45) is 5.92 Å². The Morgan fingerprint density at radius 3 is 2.84 bits per heavy atom. The van der Waals surface area contributed by atoms with E-state index in [1.54, 1.807) is 7.11 Å². The largest absolute Gasteiger partial charge is 0.495 e. The minimum absolute atomic E-state index is 0.118. The minimum atomic E-state index is -0.814. The third-order valence-corrected chi connectivity index (χ3v) is 3.47. The lowest BCUT2D eigenvalue weighted by atomic mass is 9.87. The normalized spacial score (nSPS) is 19.7. The van der Waals surface area contributed by atoms with Gasteiger partial charge in [-0.3, -0.25) is 0 Å². The molecule has 0 spiro atoms. The van der Waals surface area contributed by atoms with Crippen LogP contribution >= 0.6 is 0 Å². The van der Waals surface area contributed by atoms with Crippen molar-refractivity contribution in [3.8, 4) is 5.75 Å². The third kappa shape index (κ3) is 3.28. The average molecular weight is 261 g/mol. The SMILES string of the molecule is COc1ccccc1NC(C(=O)O)C1CC=CCC1. The molecule has 1 aromatic rings. The third-order valence-electron chi connectivity index (χ3n) is 3.47. The summed E-state index contributed by atoms with van der Waals surface area (Å²) in [6.45, 7) is 0. The fraction of sp³-hybridized carbons (Fsp3) is 0.400. The molecule has 102 valence electrons. The van der Waals surface area contributed by atoms with Gasteiger partial charge in [0, 0.05) is 0 Å². The highest BCUT2D eigenvalue weighted by Gasteiger charge is 2.28. The number of benzene rings is 1. The van der Waals surface area contributed by atoms with Crippen molar-refractivity contribution in [2.75, 3.05) is 12.4 Å². The number of methoxy groups -OCH3 is 1. The van der Waals surface area contributed by atoms with Crippen molar-refractivity contribution in [2.45, 2.75) is 25.3 Å². The quantitative estimate of drug-likeness (QED) is 0.800. The van der Waals surface area contributed by atoms with Gasteiger partial charge in [0.05, 0.1) is 12.8 Å².